The van der Waals surface area contributed by atoms with Gasteiger partial charge in [-0.3, -0.25) is 4.90 Å². The van der Waals surface area contributed by atoms with Crippen LogP contribution in [0.1, 0.15) is 59.8 Å². The highest BCUT2D eigenvalue weighted by atomic mass is 16.5. The van der Waals surface area contributed by atoms with Crippen molar-refractivity contribution >= 4 is 0 Å². The lowest BCUT2D eigenvalue weighted by atomic mass is 9.84. The van der Waals surface area contributed by atoms with Crippen LogP contribution in [0.3, 0.4) is 0 Å². The van der Waals surface area contributed by atoms with Crippen LogP contribution >= 0.6 is 0 Å². The van der Waals surface area contributed by atoms with Crippen molar-refractivity contribution in [3.8, 4) is 0 Å². The number of rotatable bonds is 4. The van der Waals surface area contributed by atoms with E-state index in [1.807, 2.05) is 7.11 Å². The minimum atomic E-state index is 0.462. The van der Waals surface area contributed by atoms with Crippen LogP contribution in [0.4, 0.5) is 0 Å². The van der Waals surface area contributed by atoms with Gasteiger partial charge in [-0.15, -0.1) is 0 Å². The van der Waals surface area contributed by atoms with Gasteiger partial charge < -0.3 is 4.74 Å². The Kier molecular flexibility index (Phi) is 4.38. The fourth-order valence-corrected chi connectivity index (χ4v) is 4.18. The van der Waals surface area contributed by atoms with Crippen molar-refractivity contribution in [2.45, 2.75) is 78.0 Å². The molecule has 0 aromatic rings. The molecule has 0 radical (unpaired) electrons. The molecule has 0 amide bonds. The molecule has 2 aliphatic rings. The van der Waals surface area contributed by atoms with Gasteiger partial charge in [0.25, 0.3) is 0 Å². The molecule has 2 aliphatic heterocycles. The van der Waals surface area contributed by atoms with E-state index in [1.54, 1.807) is 0 Å². The van der Waals surface area contributed by atoms with E-state index in [2.05, 4.69) is 32.6 Å². The van der Waals surface area contributed by atoms with E-state index in [0.29, 0.717) is 11.5 Å². The first-order valence-corrected chi connectivity index (χ1v) is 7.67. The molecule has 0 aliphatic carbocycles. The summed E-state index contributed by atoms with van der Waals surface area (Å²) in [6.07, 6.45) is 7.16. The topological polar surface area (TPSA) is 12.5 Å². The summed E-state index contributed by atoms with van der Waals surface area (Å²) in [5, 5.41) is 0. The van der Waals surface area contributed by atoms with E-state index < -0.39 is 0 Å². The lowest BCUT2D eigenvalue weighted by Crippen LogP contribution is -2.47. The average molecular weight is 253 g/mol. The van der Waals surface area contributed by atoms with Crippen LogP contribution < -0.4 is 0 Å². The van der Waals surface area contributed by atoms with Crippen molar-refractivity contribution in [2.24, 2.45) is 11.3 Å². The highest BCUT2D eigenvalue weighted by Gasteiger charge is 2.41. The molecule has 2 nitrogen and oxygen atoms in total. The van der Waals surface area contributed by atoms with Crippen LogP contribution in [0.2, 0.25) is 0 Å². The van der Waals surface area contributed by atoms with Crippen LogP contribution in [0.25, 0.3) is 0 Å². The summed E-state index contributed by atoms with van der Waals surface area (Å²) in [6, 6.07) is 1.60. The van der Waals surface area contributed by atoms with Crippen LogP contribution in [0.15, 0.2) is 0 Å². The minimum absolute atomic E-state index is 0.462. The van der Waals surface area contributed by atoms with E-state index in [4.69, 9.17) is 4.74 Å². The quantitative estimate of drug-likeness (QED) is 0.757. The lowest BCUT2D eigenvalue weighted by molar-refractivity contribution is -0.00111. The molecule has 2 bridgehead atoms. The standard InChI is InChI=1S/C16H31NO/c1-12(10-16(2,3)4)11-17-13-6-7-14(17)9-15(8-13)18-5/h12-15H,6-11H2,1-5H3/t12-,13-,14+,15?/m0/s1. The Morgan fingerprint density at radius 1 is 1.17 bits per heavy atom. The molecule has 0 saturated carbocycles. The summed E-state index contributed by atoms with van der Waals surface area (Å²) in [6.45, 7) is 10.8. The number of piperidine rings is 1. The fourth-order valence-electron chi connectivity index (χ4n) is 4.18. The van der Waals surface area contributed by atoms with E-state index in [0.717, 1.165) is 18.0 Å². The highest BCUT2D eigenvalue weighted by Crippen LogP contribution is 2.38. The van der Waals surface area contributed by atoms with Gasteiger partial charge in [-0.2, -0.15) is 0 Å². The van der Waals surface area contributed by atoms with E-state index in [-0.39, 0.29) is 0 Å². The molecule has 2 saturated heterocycles. The average Bonchev–Trinajstić information content (AvgIpc) is 2.49. The van der Waals surface area contributed by atoms with Gasteiger partial charge in [-0.25, -0.2) is 0 Å². The second-order valence-electron chi connectivity index (χ2n) is 7.78. The molecule has 0 aromatic heterocycles. The van der Waals surface area contributed by atoms with Gasteiger partial charge in [0, 0.05) is 25.7 Å². The second-order valence-corrected chi connectivity index (χ2v) is 7.78. The third-order valence-corrected chi connectivity index (χ3v) is 4.66. The summed E-state index contributed by atoms with van der Waals surface area (Å²) >= 11 is 0. The Bertz CT molecular complexity index is 257. The lowest BCUT2D eigenvalue weighted by Gasteiger charge is -2.40. The second kappa shape index (κ2) is 5.50. The number of hydrogen-bond acceptors (Lipinski definition) is 2. The highest BCUT2D eigenvalue weighted by molar-refractivity contribution is 4.96. The van der Waals surface area contributed by atoms with Crippen LogP contribution in [0, 0.1) is 11.3 Å². The molecule has 2 heterocycles. The van der Waals surface area contributed by atoms with Crippen molar-refractivity contribution in [3.05, 3.63) is 0 Å². The van der Waals surface area contributed by atoms with Gasteiger partial charge in [0.2, 0.25) is 0 Å². The first-order chi connectivity index (χ1) is 8.39. The van der Waals surface area contributed by atoms with Gasteiger partial charge in [0.15, 0.2) is 0 Å². The normalized spacial score (nSPS) is 34.8. The smallest absolute Gasteiger partial charge is 0.0601 e. The zero-order valence-electron chi connectivity index (χ0n) is 12.9. The summed E-state index contributed by atoms with van der Waals surface area (Å²) in [5.41, 5.74) is 0.462. The van der Waals surface area contributed by atoms with Gasteiger partial charge in [0.05, 0.1) is 6.10 Å². The molecule has 18 heavy (non-hydrogen) atoms. The Balaban J connectivity index is 1.87. The van der Waals surface area contributed by atoms with Gasteiger partial charge in [0.1, 0.15) is 0 Å². The summed E-state index contributed by atoms with van der Waals surface area (Å²) in [4.78, 5) is 2.80. The monoisotopic (exact) mass is 253 g/mol. The van der Waals surface area contributed by atoms with Gasteiger partial charge >= 0.3 is 0 Å². The number of hydrogen-bond donors (Lipinski definition) is 0. The van der Waals surface area contributed by atoms with Crippen molar-refractivity contribution < 1.29 is 4.74 Å². The molecule has 106 valence electrons. The Hall–Kier alpha value is -0.0800. The van der Waals surface area contributed by atoms with Crippen molar-refractivity contribution in [1.82, 2.24) is 4.90 Å². The fraction of sp³-hybridized carbons (Fsp3) is 1.00. The Labute approximate surface area is 113 Å². The van der Waals surface area contributed by atoms with Crippen molar-refractivity contribution in [3.63, 3.8) is 0 Å². The zero-order chi connectivity index (χ0) is 13.3. The molecular weight excluding hydrogens is 222 g/mol. The van der Waals surface area contributed by atoms with E-state index in [1.165, 1.54) is 38.6 Å². The predicted octanol–water partition coefficient (Wildman–Crippen LogP) is 3.70. The number of methoxy groups -OCH3 is 1. The molecule has 0 spiro atoms. The van der Waals surface area contributed by atoms with Crippen LogP contribution in [-0.4, -0.2) is 36.7 Å². The SMILES string of the molecule is COC1C[C@H]2CC[C@@H](C1)N2C[C@@H](C)CC(C)(C)C. The molecular formula is C16H31NO. The molecule has 2 rings (SSSR count). The van der Waals surface area contributed by atoms with Crippen LogP contribution in [-0.2, 0) is 4.74 Å². The van der Waals surface area contributed by atoms with Gasteiger partial charge in [-0.1, -0.05) is 27.7 Å². The largest absolute Gasteiger partial charge is 0.381 e. The Morgan fingerprint density at radius 2 is 1.72 bits per heavy atom. The summed E-state index contributed by atoms with van der Waals surface area (Å²) in [7, 11) is 1.88. The summed E-state index contributed by atoms with van der Waals surface area (Å²) < 4.78 is 5.58. The number of fused-ring (bicyclic) bond motifs is 2. The first-order valence-electron chi connectivity index (χ1n) is 7.67. The van der Waals surface area contributed by atoms with E-state index in [9.17, 15) is 0 Å². The maximum atomic E-state index is 5.58. The van der Waals surface area contributed by atoms with Gasteiger partial charge in [-0.05, 0) is 43.4 Å². The third kappa shape index (κ3) is 3.48. The molecule has 0 aromatic carbocycles. The zero-order valence-corrected chi connectivity index (χ0v) is 12.9. The predicted molar refractivity (Wildman–Crippen MR) is 76.8 cm³/mol. The molecule has 0 N–H and O–H groups in total. The molecule has 2 fully saturated rings. The third-order valence-electron chi connectivity index (χ3n) is 4.66. The molecule has 2 heteroatoms. The maximum absolute atomic E-state index is 5.58. The van der Waals surface area contributed by atoms with Crippen molar-refractivity contribution in [1.29, 1.82) is 0 Å². The number of ether oxygens (including phenoxy) is 1. The maximum Gasteiger partial charge on any atom is 0.0601 e. The minimum Gasteiger partial charge on any atom is -0.381 e. The van der Waals surface area contributed by atoms with Crippen molar-refractivity contribution in [2.75, 3.05) is 13.7 Å². The first kappa shape index (κ1) is 14.3. The van der Waals surface area contributed by atoms with E-state index >= 15 is 0 Å². The number of nitrogens with zero attached hydrogens (tertiary/aromatic N) is 1. The molecule has 4 atom stereocenters. The van der Waals surface area contributed by atoms with Crippen LogP contribution in [0.5, 0.6) is 0 Å². The Morgan fingerprint density at radius 3 is 2.17 bits per heavy atom. The summed E-state index contributed by atoms with van der Waals surface area (Å²) in [5.74, 6) is 0.812. The molecule has 1 unspecified atom stereocenters.